The number of carbonyl (C=O) groups excluding carboxylic acids is 3. The van der Waals surface area contributed by atoms with Crippen LogP contribution in [0.2, 0.25) is 0 Å². The Hall–Kier alpha value is -3.16. The molecule has 8 heteroatoms. The normalized spacial score (nSPS) is 16.2. The van der Waals surface area contributed by atoms with Crippen LogP contribution in [0, 0.1) is 19.8 Å². The van der Waals surface area contributed by atoms with Crippen molar-refractivity contribution < 1.29 is 19.1 Å². The quantitative estimate of drug-likeness (QED) is 0.715. The van der Waals surface area contributed by atoms with E-state index in [1.54, 1.807) is 23.6 Å². The third-order valence-corrected chi connectivity index (χ3v) is 5.18. The molecule has 1 aliphatic rings. The first-order valence-electron chi connectivity index (χ1n) is 9.63. The SMILES string of the molecule is Cc1nn(C)c(C)c1NC(=O)COC(=O)[C@@H]1CC(=O)N(CCc2ccccc2)C1. The summed E-state index contributed by atoms with van der Waals surface area (Å²) in [7, 11) is 1.79. The van der Waals surface area contributed by atoms with Crippen LogP contribution in [0.1, 0.15) is 23.4 Å². The van der Waals surface area contributed by atoms with E-state index in [1.807, 2.05) is 37.3 Å². The van der Waals surface area contributed by atoms with E-state index in [-0.39, 0.29) is 18.9 Å². The van der Waals surface area contributed by atoms with Gasteiger partial charge in [-0.25, -0.2) is 0 Å². The van der Waals surface area contributed by atoms with Gasteiger partial charge in [0.25, 0.3) is 5.91 Å². The average molecular weight is 398 g/mol. The van der Waals surface area contributed by atoms with Crippen molar-refractivity contribution in [1.29, 1.82) is 0 Å². The molecule has 0 radical (unpaired) electrons. The van der Waals surface area contributed by atoms with Crippen LogP contribution in [-0.2, 0) is 32.6 Å². The summed E-state index contributed by atoms with van der Waals surface area (Å²) in [4.78, 5) is 38.3. The van der Waals surface area contributed by atoms with Gasteiger partial charge in [-0.1, -0.05) is 30.3 Å². The minimum Gasteiger partial charge on any atom is -0.455 e. The van der Waals surface area contributed by atoms with Gasteiger partial charge in [-0.15, -0.1) is 0 Å². The van der Waals surface area contributed by atoms with Crippen LogP contribution in [0.3, 0.4) is 0 Å². The number of nitrogens with zero attached hydrogens (tertiary/aromatic N) is 3. The van der Waals surface area contributed by atoms with Gasteiger partial charge in [0.1, 0.15) is 0 Å². The van der Waals surface area contributed by atoms with Crippen LogP contribution in [0.5, 0.6) is 0 Å². The minimum atomic E-state index is -0.534. The predicted octanol–water partition coefficient (Wildman–Crippen LogP) is 1.61. The van der Waals surface area contributed by atoms with Crippen molar-refractivity contribution >= 4 is 23.5 Å². The number of rotatable bonds is 7. The van der Waals surface area contributed by atoms with E-state index < -0.39 is 17.8 Å². The van der Waals surface area contributed by atoms with Crippen LogP contribution >= 0.6 is 0 Å². The van der Waals surface area contributed by atoms with Gasteiger partial charge in [-0.2, -0.15) is 5.10 Å². The molecule has 154 valence electrons. The molecule has 2 amide bonds. The number of amides is 2. The first-order chi connectivity index (χ1) is 13.8. The molecule has 1 N–H and O–H groups in total. The van der Waals surface area contributed by atoms with Gasteiger partial charge in [-0.3, -0.25) is 19.1 Å². The smallest absolute Gasteiger partial charge is 0.311 e. The van der Waals surface area contributed by atoms with E-state index in [1.165, 1.54) is 0 Å². The lowest BCUT2D eigenvalue weighted by Crippen LogP contribution is -2.29. The Balaban J connectivity index is 1.46. The number of hydrogen-bond acceptors (Lipinski definition) is 5. The van der Waals surface area contributed by atoms with E-state index >= 15 is 0 Å². The zero-order valence-electron chi connectivity index (χ0n) is 17.0. The highest BCUT2D eigenvalue weighted by Crippen LogP contribution is 2.20. The van der Waals surface area contributed by atoms with Crippen LogP contribution in [0.4, 0.5) is 5.69 Å². The van der Waals surface area contributed by atoms with Crippen LogP contribution < -0.4 is 5.32 Å². The number of ether oxygens (including phenoxy) is 1. The number of benzene rings is 1. The maximum atomic E-state index is 12.3. The molecule has 1 aliphatic heterocycles. The van der Waals surface area contributed by atoms with Crippen LogP contribution in [0.25, 0.3) is 0 Å². The van der Waals surface area contributed by atoms with Gasteiger partial charge in [-0.05, 0) is 25.8 Å². The Morgan fingerprint density at radius 2 is 1.97 bits per heavy atom. The third-order valence-electron chi connectivity index (χ3n) is 5.18. The molecule has 3 rings (SSSR count). The van der Waals surface area contributed by atoms with Crippen molar-refractivity contribution in [2.75, 3.05) is 25.0 Å². The second-order valence-electron chi connectivity index (χ2n) is 7.30. The molecule has 0 aliphatic carbocycles. The number of carbonyl (C=O) groups is 3. The monoisotopic (exact) mass is 398 g/mol. The van der Waals surface area contributed by atoms with Crippen molar-refractivity contribution in [3.8, 4) is 0 Å². The number of esters is 1. The van der Waals surface area contributed by atoms with Crippen molar-refractivity contribution in [3.63, 3.8) is 0 Å². The molecule has 1 aromatic carbocycles. The molecule has 0 bridgehead atoms. The molecule has 2 aromatic rings. The molecule has 8 nitrogen and oxygen atoms in total. The van der Waals surface area contributed by atoms with Crippen molar-refractivity contribution in [2.45, 2.75) is 26.7 Å². The summed E-state index contributed by atoms with van der Waals surface area (Å²) in [6, 6.07) is 9.89. The zero-order chi connectivity index (χ0) is 21.0. The summed E-state index contributed by atoms with van der Waals surface area (Å²) < 4.78 is 6.82. The highest BCUT2D eigenvalue weighted by atomic mass is 16.5. The van der Waals surface area contributed by atoms with Gasteiger partial charge in [0, 0.05) is 26.6 Å². The second-order valence-corrected chi connectivity index (χ2v) is 7.30. The number of aromatic nitrogens is 2. The van der Waals surface area contributed by atoms with E-state index in [2.05, 4.69) is 10.4 Å². The van der Waals surface area contributed by atoms with Gasteiger partial charge >= 0.3 is 5.97 Å². The van der Waals surface area contributed by atoms with Crippen molar-refractivity contribution in [3.05, 3.63) is 47.3 Å². The summed E-state index contributed by atoms with van der Waals surface area (Å²) in [6.07, 6.45) is 0.858. The van der Waals surface area contributed by atoms with Crippen molar-refractivity contribution in [2.24, 2.45) is 13.0 Å². The van der Waals surface area contributed by atoms with E-state index in [0.29, 0.717) is 24.5 Å². The average Bonchev–Trinajstić information content (AvgIpc) is 3.19. The zero-order valence-corrected chi connectivity index (χ0v) is 17.0. The lowest BCUT2D eigenvalue weighted by molar-refractivity contribution is -0.151. The molecule has 1 fully saturated rings. The highest BCUT2D eigenvalue weighted by Gasteiger charge is 2.35. The number of likely N-dealkylation sites (tertiary alicyclic amines) is 1. The number of anilines is 1. The summed E-state index contributed by atoms with van der Waals surface area (Å²) in [5.74, 6) is -1.54. The fourth-order valence-corrected chi connectivity index (χ4v) is 3.44. The fourth-order valence-electron chi connectivity index (χ4n) is 3.44. The van der Waals surface area contributed by atoms with E-state index in [0.717, 1.165) is 17.7 Å². The van der Waals surface area contributed by atoms with Crippen molar-refractivity contribution in [1.82, 2.24) is 14.7 Å². The van der Waals surface area contributed by atoms with Crippen LogP contribution in [0.15, 0.2) is 30.3 Å². The molecule has 0 spiro atoms. The summed E-state index contributed by atoms with van der Waals surface area (Å²) in [5, 5.41) is 6.95. The lowest BCUT2D eigenvalue weighted by atomic mass is 10.1. The molecule has 1 aromatic heterocycles. The Morgan fingerprint density at radius 1 is 1.24 bits per heavy atom. The molecule has 0 saturated carbocycles. The predicted molar refractivity (Wildman–Crippen MR) is 107 cm³/mol. The van der Waals surface area contributed by atoms with E-state index in [9.17, 15) is 14.4 Å². The minimum absolute atomic E-state index is 0.0612. The first kappa shape index (κ1) is 20.6. The largest absolute Gasteiger partial charge is 0.455 e. The van der Waals surface area contributed by atoms with E-state index in [4.69, 9.17) is 4.74 Å². The van der Waals surface area contributed by atoms with Gasteiger partial charge in [0.05, 0.1) is 23.0 Å². The maximum absolute atomic E-state index is 12.3. The first-order valence-corrected chi connectivity index (χ1v) is 9.63. The molecule has 29 heavy (non-hydrogen) atoms. The molecule has 1 saturated heterocycles. The Bertz CT molecular complexity index is 907. The third kappa shape index (κ3) is 5.01. The molecular formula is C21H26N4O4. The molecule has 2 heterocycles. The molecular weight excluding hydrogens is 372 g/mol. The number of nitrogens with one attached hydrogen (secondary N) is 1. The Labute approximate surface area is 169 Å². The van der Waals surface area contributed by atoms with Gasteiger partial charge < -0.3 is 15.0 Å². The Kier molecular flexibility index (Phi) is 6.31. The second kappa shape index (κ2) is 8.89. The maximum Gasteiger partial charge on any atom is 0.311 e. The van der Waals surface area contributed by atoms with Gasteiger partial charge in [0.15, 0.2) is 6.61 Å². The summed E-state index contributed by atoms with van der Waals surface area (Å²) in [5.41, 5.74) is 3.28. The summed E-state index contributed by atoms with van der Waals surface area (Å²) in [6.45, 7) is 4.14. The topological polar surface area (TPSA) is 93.5 Å². The highest BCUT2D eigenvalue weighted by molar-refractivity contribution is 5.94. The molecule has 0 unspecified atom stereocenters. The Morgan fingerprint density at radius 3 is 2.62 bits per heavy atom. The van der Waals surface area contributed by atoms with Gasteiger partial charge in [0.2, 0.25) is 5.91 Å². The number of hydrogen-bond donors (Lipinski definition) is 1. The fraction of sp³-hybridized carbons (Fsp3) is 0.429. The molecule has 1 atom stereocenters. The summed E-state index contributed by atoms with van der Waals surface area (Å²) >= 11 is 0. The number of aryl methyl sites for hydroxylation is 2. The van der Waals surface area contributed by atoms with Crippen LogP contribution in [-0.4, -0.2) is 52.2 Å². The lowest BCUT2D eigenvalue weighted by Gasteiger charge is -2.16. The standard InChI is InChI=1S/C21H26N4O4/c1-14-20(15(2)24(3)23-14)22-18(26)13-29-21(28)17-11-19(27)25(12-17)10-9-16-7-5-4-6-8-16/h4-8,17H,9-13H2,1-3H3,(H,22,26)/t17-/m1/s1.